The average Bonchev–Trinajstić information content (AvgIpc) is 2.83. The van der Waals surface area contributed by atoms with Crippen LogP contribution < -0.4 is 11.1 Å². The molecule has 1 aromatic heterocycles. The minimum absolute atomic E-state index is 0.259. The molecule has 0 aliphatic carbocycles. The van der Waals surface area contributed by atoms with Crippen molar-refractivity contribution in [1.82, 2.24) is 9.78 Å². The standard InChI is InChI=1S/C15H21FN4/c1-11(2)15-14(18-8-4-7-17)10-19-20(15)13-6-3-5-12(16)9-13/h3,5-6,9-11,18H,4,7-8,17H2,1-2H3. The largest absolute Gasteiger partial charge is 0.382 e. The van der Waals surface area contributed by atoms with Gasteiger partial charge in [0.05, 0.1) is 23.3 Å². The lowest BCUT2D eigenvalue weighted by Gasteiger charge is -2.13. The predicted octanol–water partition coefficient (Wildman–Crippen LogP) is 2.90. The highest BCUT2D eigenvalue weighted by Crippen LogP contribution is 2.27. The van der Waals surface area contributed by atoms with Crippen LogP contribution in [0.4, 0.5) is 10.1 Å². The topological polar surface area (TPSA) is 55.9 Å². The normalized spacial score (nSPS) is 11.1. The molecule has 0 spiro atoms. The van der Waals surface area contributed by atoms with E-state index in [0.717, 1.165) is 30.0 Å². The Hall–Kier alpha value is -1.88. The van der Waals surface area contributed by atoms with Crippen LogP contribution in [0.5, 0.6) is 0 Å². The number of nitrogens with one attached hydrogen (secondary N) is 1. The molecule has 0 fully saturated rings. The van der Waals surface area contributed by atoms with Crippen LogP contribution in [-0.4, -0.2) is 22.9 Å². The number of anilines is 1. The zero-order valence-electron chi connectivity index (χ0n) is 11.9. The molecule has 20 heavy (non-hydrogen) atoms. The van der Waals surface area contributed by atoms with E-state index >= 15 is 0 Å². The number of hydrogen-bond acceptors (Lipinski definition) is 3. The van der Waals surface area contributed by atoms with Gasteiger partial charge in [-0.15, -0.1) is 0 Å². The molecular weight excluding hydrogens is 255 g/mol. The first-order valence-electron chi connectivity index (χ1n) is 6.91. The van der Waals surface area contributed by atoms with Crippen LogP contribution in [0.2, 0.25) is 0 Å². The molecule has 2 aromatic rings. The van der Waals surface area contributed by atoms with Gasteiger partial charge in [-0.25, -0.2) is 9.07 Å². The van der Waals surface area contributed by atoms with E-state index in [2.05, 4.69) is 24.3 Å². The van der Waals surface area contributed by atoms with Crippen molar-refractivity contribution in [1.29, 1.82) is 0 Å². The first kappa shape index (κ1) is 14.5. The zero-order valence-corrected chi connectivity index (χ0v) is 11.9. The van der Waals surface area contributed by atoms with Crippen LogP contribution in [0.15, 0.2) is 30.5 Å². The van der Waals surface area contributed by atoms with Gasteiger partial charge in [0.1, 0.15) is 5.82 Å². The summed E-state index contributed by atoms with van der Waals surface area (Å²) >= 11 is 0. The van der Waals surface area contributed by atoms with E-state index in [4.69, 9.17) is 5.73 Å². The van der Waals surface area contributed by atoms with Crippen LogP contribution in [-0.2, 0) is 0 Å². The molecule has 0 saturated carbocycles. The molecule has 0 saturated heterocycles. The van der Waals surface area contributed by atoms with Gasteiger partial charge < -0.3 is 11.1 Å². The van der Waals surface area contributed by atoms with Crippen molar-refractivity contribution >= 4 is 5.69 Å². The van der Waals surface area contributed by atoms with Crippen molar-refractivity contribution in [2.45, 2.75) is 26.2 Å². The van der Waals surface area contributed by atoms with Gasteiger partial charge in [-0.1, -0.05) is 19.9 Å². The van der Waals surface area contributed by atoms with Crippen molar-refractivity contribution in [2.24, 2.45) is 5.73 Å². The van der Waals surface area contributed by atoms with Crippen molar-refractivity contribution < 1.29 is 4.39 Å². The van der Waals surface area contributed by atoms with E-state index in [1.807, 2.05) is 6.07 Å². The van der Waals surface area contributed by atoms with Gasteiger partial charge in [0, 0.05) is 6.54 Å². The third-order valence-electron chi connectivity index (χ3n) is 3.10. The van der Waals surface area contributed by atoms with Crippen LogP contribution >= 0.6 is 0 Å². The molecule has 5 heteroatoms. The fourth-order valence-corrected chi connectivity index (χ4v) is 2.19. The van der Waals surface area contributed by atoms with Gasteiger partial charge in [-0.3, -0.25) is 0 Å². The molecule has 2 rings (SSSR count). The third kappa shape index (κ3) is 3.17. The number of hydrogen-bond donors (Lipinski definition) is 2. The highest BCUT2D eigenvalue weighted by atomic mass is 19.1. The number of benzene rings is 1. The first-order chi connectivity index (χ1) is 9.63. The van der Waals surface area contributed by atoms with Gasteiger partial charge >= 0.3 is 0 Å². The SMILES string of the molecule is CC(C)c1c(NCCCN)cnn1-c1cccc(F)c1. The predicted molar refractivity (Wildman–Crippen MR) is 79.8 cm³/mol. The molecule has 0 unspecified atom stereocenters. The molecule has 0 bridgehead atoms. The Morgan fingerprint density at radius 1 is 1.40 bits per heavy atom. The summed E-state index contributed by atoms with van der Waals surface area (Å²) in [6.45, 7) is 5.66. The van der Waals surface area contributed by atoms with Crippen molar-refractivity contribution in [3.8, 4) is 5.69 Å². The molecule has 0 aliphatic heterocycles. The number of aromatic nitrogens is 2. The summed E-state index contributed by atoms with van der Waals surface area (Å²) in [6, 6.07) is 6.47. The van der Waals surface area contributed by atoms with E-state index in [0.29, 0.717) is 6.54 Å². The summed E-state index contributed by atoms with van der Waals surface area (Å²) in [5.41, 5.74) is 8.27. The van der Waals surface area contributed by atoms with Crippen LogP contribution in [0.3, 0.4) is 0 Å². The Morgan fingerprint density at radius 3 is 2.85 bits per heavy atom. The Kier molecular flexibility index (Phi) is 4.74. The molecule has 1 aromatic carbocycles. The summed E-state index contributed by atoms with van der Waals surface area (Å²) in [5, 5.41) is 7.73. The number of nitrogens with two attached hydrogens (primary N) is 1. The zero-order chi connectivity index (χ0) is 14.5. The fourth-order valence-electron chi connectivity index (χ4n) is 2.19. The van der Waals surface area contributed by atoms with E-state index in [1.165, 1.54) is 12.1 Å². The van der Waals surface area contributed by atoms with Crippen molar-refractivity contribution in [3.63, 3.8) is 0 Å². The van der Waals surface area contributed by atoms with Gasteiger partial charge in [-0.2, -0.15) is 5.10 Å². The molecule has 3 N–H and O–H groups in total. The van der Waals surface area contributed by atoms with Crippen molar-refractivity contribution in [2.75, 3.05) is 18.4 Å². The van der Waals surface area contributed by atoms with Gasteiger partial charge in [0.25, 0.3) is 0 Å². The van der Waals surface area contributed by atoms with Gasteiger partial charge in [0.2, 0.25) is 0 Å². The van der Waals surface area contributed by atoms with Crippen LogP contribution in [0.25, 0.3) is 5.69 Å². The smallest absolute Gasteiger partial charge is 0.125 e. The number of rotatable bonds is 6. The van der Waals surface area contributed by atoms with E-state index in [-0.39, 0.29) is 11.7 Å². The maximum absolute atomic E-state index is 13.4. The number of halogens is 1. The summed E-state index contributed by atoms with van der Waals surface area (Å²) in [4.78, 5) is 0. The van der Waals surface area contributed by atoms with Crippen LogP contribution in [0, 0.1) is 5.82 Å². The average molecular weight is 276 g/mol. The maximum atomic E-state index is 13.4. The Morgan fingerprint density at radius 2 is 2.20 bits per heavy atom. The first-order valence-corrected chi connectivity index (χ1v) is 6.91. The second-order valence-corrected chi connectivity index (χ2v) is 5.06. The quantitative estimate of drug-likeness (QED) is 0.798. The van der Waals surface area contributed by atoms with Crippen molar-refractivity contribution in [3.05, 3.63) is 42.0 Å². The summed E-state index contributed by atoms with van der Waals surface area (Å²) < 4.78 is 15.2. The lowest BCUT2D eigenvalue weighted by molar-refractivity contribution is 0.623. The van der Waals surface area contributed by atoms with E-state index < -0.39 is 0 Å². The van der Waals surface area contributed by atoms with Gasteiger partial charge in [0.15, 0.2) is 0 Å². The Balaban J connectivity index is 2.34. The third-order valence-corrected chi connectivity index (χ3v) is 3.10. The Bertz CT molecular complexity index is 563. The molecule has 108 valence electrons. The molecule has 0 amide bonds. The van der Waals surface area contributed by atoms with Crippen LogP contribution in [0.1, 0.15) is 31.9 Å². The second-order valence-electron chi connectivity index (χ2n) is 5.06. The fraction of sp³-hybridized carbons (Fsp3) is 0.400. The lowest BCUT2D eigenvalue weighted by Crippen LogP contribution is -2.11. The number of nitrogens with zero attached hydrogens (tertiary/aromatic N) is 2. The molecule has 0 aliphatic rings. The highest BCUT2D eigenvalue weighted by molar-refractivity contribution is 5.51. The lowest BCUT2D eigenvalue weighted by atomic mass is 10.1. The summed E-state index contributed by atoms with van der Waals surface area (Å²) in [7, 11) is 0. The minimum Gasteiger partial charge on any atom is -0.382 e. The van der Waals surface area contributed by atoms with E-state index in [9.17, 15) is 4.39 Å². The highest BCUT2D eigenvalue weighted by Gasteiger charge is 2.15. The summed E-state index contributed by atoms with van der Waals surface area (Å²) in [5.74, 6) is 0.0199. The molecule has 0 radical (unpaired) electrons. The maximum Gasteiger partial charge on any atom is 0.125 e. The molecule has 0 atom stereocenters. The monoisotopic (exact) mass is 276 g/mol. The minimum atomic E-state index is -0.259. The molecule has 4 nitrogen and oxygen atoms in total. The van der Waals surface area contributed by atoms with E-state index in [1.54, 1.807) is 16.9 Å². The molecule has 1 heterocycles. The Labute approximate surface area is 118 Å². The van der Waals surface area contributed by atoms with Gasteiger partial charge in [-0.05, 0) is 37.1 Å². The summed E-state index contributed by atoms with van der Waals surface area (Å²) in [6.07, 6.45) is 2.69. The molecular formula is C15H21FN4. The second kappa shape index (κ2) is 6.52.